The van der Waals surface area contributed by atoms with E-state index in [1.165, 1.54) is 0 Å². The molecule has 1 heterocycles. The summed E-state index contributed by atoms with van der Waals surface area (Å²) < 4.78 is 1.93. The van der Waals surface area contributed by atoms with E-state index in [0.29, 0.717) is 12.5 Å². The van der Waals surface area contributed by atoms with Gasteiger partial charge in [-0.25, -0.2) is 4.68 Å². The summed E-state index contributed by atoms with van der Waals surface area (Å²) in [5.41, 5.74) is 6.57. The van der Waals surface area contributed by atoms with Crippen LogP contribution in [0.15, 0.2) is 6.07 Å². The molecule has 1 aliphatic rings. The lowest BCUT2D eigenvalue weighted by Crippen LogP contribution is -2.32. The molecule has 1 saturated carbocycles. The molecule has 3 N–H and O–H groups in total. The zero-order valence-corrected chi connectivity index (χ0v) is 16.7. The predicted octanol–water partition coefficient (Wildman–Crippen LogP) is 3.67. The van der Waals surface area contributed by atoms with Crippen LogP contribution in [-0.2, 0) is 15.7 Å². The molecule has 0 saturated heterocycles. The first-order chi connectivity index (χ1) is 10.5. The minimum Gasteiger partial charge on any atom is -0.330 e. The summed E-state index contributed by atoms with van der Waals surface area (Å²) >= 11 is 0. The molecule has 1 aliphatic carbocycles. The first kappa shape index (κ1) is 21.0. The second kappa shape index (κ2) is 7.44. The average molecular weight is 357 g/mol. The Kier molecular flexibility index (Phi) is 6.50. The van der Waals surface area contributed by atoms with Crippen LogP contribution in [0.5, 0.6) is 0 Å². The van der Waals surface area contributed by atoms with Gasteiger partial charge in [0.25, 0.3) is 0 Å². The van der Waals surface area contributed by atoms with Gasteiger partial charge >= 0.3 is 0 Å². The van der Waals surface area contributed by atoms with Crippen molar-refractivity contribution in [3.8, 4) is 0 Å². The lowest BCUT2D eigenvalue weighted by molar-refractivity contribution is -0.120. The number of hydrogen-bond acceptors (Lipinski definition) is 3. The Morgan fingerprint density at radius 3 is 2.42 bits per heavy atom. The first-order valence-electron chi connectivity index (χ1n) is 8.66. The molecule has 0 aromatic carbocycles. The van der Waals surface area contributed by atoms with E-state index in [9.17, 15) is 4.79 Å². The van der Waals surface area contributed by atoms with Crippen molar-refractivity contribution in [2.75, 3.05) is 11.9 Å². The monoisotopic (exact) mass is 356 g/mol. The van der Waals surface area contributed by atoms with Crippen molar-refractivity contribution in [3.63, 3.8) is 0 Å². The van der Waals surface area contributed by atoms with E-state index in [1.807, 2.05) is 10.7 Å². The van der Waals surface area contributed by atoms with Crippen molar-refractivity contribution >= 4 is 24.1 Å². The molecule has 2 atom stereocenters. The molecule has 138 valence electrons. The molecule has 0 aliphatic heterocycles. The van der Waals surface area contributed by atoms with E-state index >= 15 is 0 Å². The fourth-order valence-electron chi connectivity index (χ4n) is 3.23. The van der Waals surface area contributed by atoms with E-state index in [1.54, 1.807) is 0 Å². The molecule has 24 heavy (non-hydrogen) atoms. The first-order valence-corrected chi connectivity index (χ1v) is 8.66. The quantitative estimate of drug-likeness (QED) is 0.867. The fraction of sp³-hybridized carbons (Fsp3) is 0.778. The number of amides is 1. The van der Waals surface area contributed by atoms with E-state index < -0.39 is 0 Å². The highest BCUT2D eigenvalue weighted by atomic mass is 35.5. The van der Waals surface area contributed by atoms with Gasteiger partial charge in [-0.1, -0.05) is 27.2 Å². The van der Waals surface area contributed by atoms with Crippen LogP contribution in [0.25, 0.3) is 0 Å². The highest BCUT2D eigenvalue weighted by Gasteiger charge is 2.33. The second-order valence-corrected chi connectivity index (χ2v) is 8.77. The van der Waals surface area contributed by atoms with Gasteiger partial charge in [0.1, 0.15) is 5.82 Å². The van der Waals surface area contributed by atoms with Crippen LogP contribution in [-0.4, -0.2) is 22.2 Å². The van der Waals surface area contributed by atoms with Gasteiger partial charge in [0.05, 0.1) is 11.2 Å². The Hall–Kier alpha value is -1.07. The number of halogens is 1. The summed E-state index contributed by atoms with van der Waals surface area (Å²) in [7, 11) is 0. The fourth-order valence-corrected chi connectivity index (χ4v) is 3.23. The van der Waals surface area contributed by atoms with E-state index in [4.69, 9.17) is 10.8 Å². The minimum absolute atomic E-state index is 0. The molecule has 0 unspecified atom stereocenters. The Morgan fingerprint density at radius 2 is 1.92 bits per heavy atom. The Morgan fingerprint density at radius 1 is 1.29 bits per heavy atom. The molecule has 5 nitrogen and oxygen atoms in total. The average Bonchev–Trinajstić information content (AvgIpc) is 3.02. The molecular formula is C18H33ClN4O. The smallest absolute Gasteiger partial charge is 0.228 e. The Labute approximate surface area is 152 Å². The maximum atomic E-state index is 12.7. The van der Waals surface area contributed by atoms with E-state index in [2.05, 4.69) is 46.9 Å². The zero-order valence-electron chi connectivity index (χ0n) is 15.8. The Bertz CT molecular complexity index is 569. The summed E-state index contributed by atoms with van der Waals surface area (Å²) in [4.78, 5) is 12.7. The molecule has 0 bridgehead atoms. The van der Waals surface area contributed by atoms with Gasteiger partial charge in [0.15, 0.2) is 0 Å². The molecule has 1 amide bonds. The van der Waals surface area contributed by atoms with Gasteiger partial charge < -0.3 is 11.1 Å². The normalized spacial score (nSPS) is 21.5. The van der Waals surface area contributed by atoms with Gasteiger partial charge in [0.2, 0.25) is 5.91 Å². The molecule has 1 fully saturated rings. The highest BCUT2D eigenvalue weighted by molar-refractivity contribution is 5.92. The van der Waals surface area contributed by atoms with Gasteiger partial charge in [0, 0.05) is 17.4 Å². The van der Waals surface area contributed by atoms with Gasteiger partial charge in [-0.05, 0) is 46.1 Å². The minimum atomic E-state index is -0.185. The van der Waals surface area contributed by atoms with Crippen LogP contribution < -0.4 is 11.1 Å². The maximum Gasteiger partial charge on any atom is 0.228 e. The van der Waals surface area contributed by atoms with Crippen LogP contribution in [0.1, 0.15) is 66.5 Å². The highest BCUT2D eigenvalue weighted by Crippen LogP contribution is 2.33. The van der Waals surface area contributed by atoms with Crippen molar-refractivity contribution < 1.29 is 4.79 Å². The number of rotatable bonds is 3. The number of nitrogens with one attached hydrogen (secondary N) is 1. The Balaban J connectivity index is 0.00000288. The summed E-state index contributed by atoms with van der Waals surface area (Å²) in [5, 5.41) is 7.87. The van der Waals surface area contributed by atoms with Gasteiger partial charge in [-0.15, -0.1) is 12.4 Å². The summed E-state index contributed by atoms with van der Waals surface area (Å²) in [6.07, 6.45) is 3.08. The number of nitrogens with zero attached hydrogens (tertiary/aromatic N) is 2. The topological polar surface area (TPSA) is 72.9 Å². The van der Waals surface area contributed by atoms with Crippen molar-refractivity contribution in [1.29, 1.82) is 0 Å². The van der Waals surface area contributed by atoms with Crippen LogP contribution in [0.2, 0.25) is 0 Å². The van der Waals surface area contributed by atoms with Gasteiger partial charge in [-0.2, -0.15) is 5.10 Å². The number of aromatic nitrogens is 2. The lowest BCUT2D eigenvalue weighted by atomic mass is 9.92. The maximum absolute atomic E-state index is 12.7. The molecule has 0 spiro atoms. The predicted molar refractivity (Wildman–Crippen MR) is 102 cm³/mol. The summed E-state index contributed by atoms with van der Waals surface area (Å²) in [6.45, 7) is 13.3. The second-order valence-electron chi connectivity index (χ2n) is 8.77. The summed E-state index contributed by atoms with van der Waals surface area (Å²) in [6, 6.07) is 2.01. The van der Waals surface area contributed by atoms with Crippen LogP contribution in [0.4, 0.5) is 5.82 Å². The third-order valence-corrected chi connectivity index (χ3v) is 4.66. The molecule has 0 radical (unpaired) electrons. The van der Waals surface area contributed by atoms with Crippen LogP contribution >= 0.6 is 12.4 Å². The molecule has 1 aromatic heterocycles. The van der Waals surface area contributed by atoms with E-state index in [0.717, 1.165) is 30.8 Å². The third-order valence-electron chi connectivity index (χ3n) is 4.66. The molecule has 2 rings (SSSR count). The number of nitrogens with two attached hydrogens (primary N) is 1. The van der Waals surface area contributed by atoms with Crippen molar-refractivity contribution in [2.24, 2.45) is 17.6 Å². The molecule has 6 heteroatoms. The van der Waals surface area contributed by atoms with Crippen molar-refractivity contribution in [3.05, 3.63) is 11.8 Å². The molecular weight excluding hydrogens is 324 g/mol. The SMILES string of the molecule is CC(C)(C)c1cc(NC(=O)[C@@H]2CCC[C@@H]2CN)n(C(C)(C)C)n1.Cl. The van der Waals surface area contributed by atoms with Crippen molar-refractivity contribution in [1.82, 2.24) is 9.78 Å². The zero-order chi connectivity index (χ0) is 17.4. The van der Waals surface area contributed by atoms with E-state index in [-0.39, 0.29) is 35.2 Å². The number of hydrogen-bond donors (Lipinski definition) is 2. The largest absolute Gasteiger partial charge is 0.330 e. The van der Waals surface area contributed by atoms with Gasteiger partial charge in [-0.3, -0.25) is 4.79 Å². The van der Waals surface area contributed by atoms with Crippen LogP contribution in [0.3, 0.4) is 0 Å². The molecule has 1 aromatic rings. The standard InChI is InChI=1S/C18H32N4O.ClH/c1-17(2,3)14-10-15(22(21-14)18(4,5)6)20-16(23)13-9-7-8-12(13)11-19;/h10,12-13H,7-9,11,19H2,1-6H3,(H,20,23);1H/t12-,13-;/m1./s1. The van der Waals surface area contributed by atoms with Crippen LogP contribution in [0, 0.1) is 11.8 Å². The third kappa shape index (κ3) is 4.51. The number of carbonyl (C=O) groups is 1. The lowest BCUT2D eigenvalue weighted by Gasteiger charge is -2.24. The van der Waals surface area contributed by atoms with Crippen molar-refractivity contribution in [2.45, 2.75) is 71.8 Å². The number of anilines is 1. The summed E-state index contributed by atoms with van der Waals surface area (Å²) in [5.74, 6) is 1.21. The number of carbonyl (C=O) groups excluding carboxylic acids is 1.